The van der Waals surface area contributed by atoms with Crippen LogP contribution in [-0.2, 0) is 26.3 Å². The zero-order valence-corrected chi connectivity index (χ0v) is 25.7. The molecule has 0 atom stereocenters. The Morgan fingerprint density at radius 3 is 1.73 bits per heavy atom. The van der Waals surface area contributed by atoms with Gasteiger partial charge in [-0.1, -0.05) is 48.8 Å². The van der Waals surface area contributed by atoms with Crippen molar-refractivity contribution >= 4 is 62.4 Å². The summed E-state index contributed by atoms with van der Waals surface area (Å²) in [5.41, 5.74) is 1.18. The van der Waals surface area contributed by atoms with Crippen LogP contribution in [0.2, 0.25) is 0 Å². The molecule has 0 unspecified atom stereocenters. The number of rotatable bonds is 9. The molecule has 236 valence electrons. The maximum Gasteiger partial charge on any atom is 0.331 e. The van der Waals surface area contributed by atoms with Crippen LogP contribution in [-0.4, -0.2) is 44.4 Å². The monoisotopic (exact) mass is 616 g/mol. The van der Waals surface area contributed by atoms with Gasteiger partial charge in [-0.15, -0.1) is 0 Å². The fraction of sp³-hybridized carbons (Fsp3) is 0.455. The lowest BCUT2D eigenvalue weighted by molar-refractivity contribution is -0.383. The van der Waals surface area contributed by atoms with Gasteiger partial charge in [-0.25, -0.2) is 9.59 Å². The summed E-state index contributed by atoms with van der Waals surface area (Å²) in [4.78, 5) is 72.5. The van der Waals surface area contributed by atoms with E-state index in [4.69, 9.17) is 9.68 Å². The Morgan fingerprint density at radius 1 is 0.756 bits per heavy atom. The van der Waals surface area contributed by atoms with Gasteiger partial charge in [-0.05, 0) is 49.9 Å². The van der Waals surface area contributed by atoms with Gasteiger partial charge in [0.05, 0.1) is 4.92 Å². The van der Waals surface area contributed by atoms with Crippen LogP contribution in [0.5, 0.6) is 0 Å². The lowest BCUT2D eigenvalue weighted by atomic mass is 9.83. The molecule has 2 aliphatic carbocycles. The number of carbonyl (C=O) groups is 4. The van der Waals surface area contributed by atoms with Crippen molar-refractivity contribution in [2.45, 2.75) is 78.1 Å². The van der Waals surface area contributed by atoms with Gasteiger partial charge in [0, 0.05) is 66.2 Å². The van der Waals surface area contributed by atoms with Crippen molar-refractivity contribution in [2.75, 3.05) is 0 Å². The van der Waals surface area contributed by atoms with Crippen molar-refractivity contribution < 1.29 is 33.8 Å². The average molecular weight is 617 g/mol. The first-order valence-electron chi connectivity index (χ1n) is 15.4. The lowest BCUT2D eigenvalue weighted by Gasteiger charge is -2.22. The van der Waals surface area contributed by atoms with Crippen LogP contribution in [0.15, 0.2) is 40.6 Å². The Morgan fingerprint density at radius 2 is 1.24 bits per heavy atom. The van der Waals surface area contributed by atoms with E-state index in [0.717, 1.165) is 51.4 Å². The second kappa shape index (κ2) is 13.5. The molecule has 2 aliphatic rings. The molecule has 2 saturated carbocycles. The summed E-state index contributed by atoms with van der Waals surface area (Å²) in [5.74, 6) is -2.65. The Balaban J connectivity index is 1.64. The molecule has 0 saturated heterocycles. The molecule has 0 N–H and O–H groups in total. The van der Waals surface area contributed by atoms with Crippen LogP contribution in [0.4, 0.5) is 5.69 Å². The van der Waals surface area contributed by atoms with E-state index in [-0.39, 0.29) is 45.6 Å². The number of ketones is 2. The first-order valence-corrected chi connectivity index (χ1v) is 15.4. The van der Waals surface area contributed by atoms with Crippen LogP contribution in [0.3, 0.4) is 0 Å². The number of carbonyl (C=O) groups excluding carboxylic acids is 4. The van der Waals surface area contributed by atoms with Gasteiger partial charge in [-0.2, -0.15) is 0 Å². The third-order valence-corrected chi connectivity index (χ3v) is 8.79. The molecule has 0 aliphatic heterocycles. The topological polar surface area (TPSA) is 160 Å². The summed E-state index contributed by atoms with van der Waals surface area (Å²) in [5, 5.41) is 21.2. The number of non-ortho nitro benzene ring substituents is 1. The largest absolute Gasteiger partial charge is 0.338 e. The van der Waals surface area contributed by atoms with E-state index >= 15 is 0 Å². The number of aromatic nitrogens is 1. The highest BCUT2D eigenvalue weighted by Crippen LogP contribution is 2.37. The van der Waals surface area contributed by atoms with Crippen molar-refractivity contribution in [1.29, 1.82) is 0 Å². The van der Waals surface area contributed by atoms with Crippen LogP contribution >= 0.6 is 0 Å². The van der Waals surface area contributed by atoms with E-state index in [1.165, 1.54) is 19.9 Å². The molecule has 0 spiro atoms. The van der Waals surface area contributed by atoms with Gasteiger partial charge in [0.1, 0.15) is 16.9 Å². The fourth-order valence-electron chi connectivity index (χ4n) is 6.63. The summed E-state index contributed by atoms with van der Waals surface area (Å²) in [6.45, 7) is 2.41. The summed E-state index contributed by atoms with van der Waals surface area (Å²) in [6.07, 6.45) is 8.60. The van der Waals surface area contributed by atoms with E-state index in [1.807, 2.05) is 0 Å². The molecule has 12 nitrogen and oxygen atoms in total. The number of hydrogen-bond acceptors (Lipinski definition) is 10. The number of benzene rings is 2. The number of aryl methyl sites for hydroxylation is 1. The summed E-state index contributed by atoms with van der Waals surface area (Å²) in [6, 6.07) is 7.77. The number of nitro benzene ring substituents is 1. The Hall–Kier alpha value is -4.74. The zero-order chi connectivity index (χ0) is 32.2. The van der Waals surface area contributed by atoms with Gasteiger partial charge in [-0.3, -0.25) is 19.7 Å². The minimum atomic E-state index is -0.673. The Kier molecular flexibility index (Phi) is 9.50. The maximum absolute atomic E-state index is 13.9. The van der Waals surface area contributed by atoms with Gasteiger partial charge in [0.25, 0.3) is 5.69 Å². The predicted molar refractivity (Wildman–Crippen MR) is 167 cm³/mol. The third kappa shape index (κ3) is 6.69. The highest BCUT2D eigenvalue weighted by Gasteiger charge is 2.31. The number of hydrogen-bond donors (Lipinski definition) is 0. The lowest BCUT2D eigenvalue weighted by Crippen LogP contribution is -2.27. The normalized spacial score (nSPS) is 17.0. The number of fused-ring (bicyclic) bond motifs is 3. The van der Waals surface area contributed by atoms with E-state index in [2.05, 4.69) is 10.3 Å². The van der Waals surface area contributed by atoms with Crippen LogP contribution in [0, 0.1) is 22.0 Å². The minimum Gasteiger partial charge on any atom is -0.338 e. The summed E-state index contributed by atoms with van der Waals surface area (Å²) >= 11 is 0. The average Bonchev–Trinajstić information content (AvgIpc) is 3.32. The van der Waals surface area contributed by atoms with E-state index < -0.39 is 28.4 Å². The smallest absolute Gasteiger partial charge is 0.331 e. The highest BCUT2D eigenvalue weighted by atomic mass is 16.7. The molecule has 0 bridgehead atoms. The molecule has 45 heavy (non-hydrogen) atoms. The van der Waals surface area contributed by atoms with Crippen LogP contribution < -0.4 is 0 Å². The summed E-state index contributed by atoms with van der Waals surface area (Å²) < 4.78 is 1.66. The molecule has 1 aromatic heterocycles. The van der Waals surface area contributed by atoms with Crippen molar-refractivity contribution in [3.8, 4) is 0 Å². The third-order valence-electron chi connectivity index (χ3n) is 8.79. The molecule has 0 radical (unpaired) electrons. The van der Waals surface area contributed by atoms with Crippen LogP contribution in [0.25, 0.3) is 21.8 Å². The number of nitro groups is 1. The Labute approximate surface area is 259 Å². The van der Waals surface area contributed by atoms with E-state index in [0.29, 0.717) is 29.1 Å². The summed E-state index contributed by atoms with van der Waals surface area (Å²) in [7, 11) is 1.69. The Bertz CT molecular complexity index is 1760. The van der Waals surface area contributed by atoms with Crippen molar-refractivity contribution in [1.82, 2.24) is 4.57 Å². The number of Topliss-reactive ketones (excluding diaryl/α,β-unsaturated/α-hetero) is 2. The quantitative estimate of drug-likeness (QED) is 0.0854. The van der Waals surface area contributed by atoms with Gasteiger partial charge in [0.2, 0.25) is 11.6 Å². The molecular formula is C33H36N4O8. The SMILES string of the molecule is CC(=O)O/N=C(/C(=O)c1ccc2c(c1)c1cc(C(=O)/C(=N/OC(C)=O)C3CCCCC3)cc([N+](=O)[O-])c1n2C)C1CCCCC1. The first kappa shape index (κ1) is 31.7. The van der Waals surface area contributed by atoms with Gasteiger partial charge < -0.3 is 14.2 Å². The molecule has 12 heteroatoms. The molecule has 5 rings (SSSR count). The van der Waals surface area contributed by atoms with Crippen LogP contribution in [0.1, 0.15) is 98.8 Å². The second-order valence-electron chi connectivity index (χ2n) is 11.9. The molecule has 2 fully saturated rings. The van der Waals surface area contributed by atoms with E-state index in [1.54, 1.807) is 35.9 Å². The predicted octanol–water partition coefficient (Wildman–Crippen LogP) is 6.60. The molecule has 1 heterocycles. The van der Waals surface area contributed by atoms with E-state index in [9.17, 15) is 29.3 Å². The zero-order valence-electron chi connectivity index (χ0n) is 25.7. The van der Waals surface area contributed by atoms with Crippen molar-refractivity contribution in [2.24, 2.45) is 29.2 Å². The minimum absolute atomic E-state index is 0.0363. The van der Waals surface area contributed by atoms with Gasteiger partial charge in [0.15, 0.2) is 0 Å². The maximum atomic E-state index is 13.9. The molecule has 0 amide bonds. The van der Waals surface area contributed by atoms with Crippen molar-refractivity contribution in [3.63, 3.8) is 0 Å². The molecule has 2 aromatic carbocycles. The molecular weight excluding hydrogens is 580 g/mol. The second-order valence-corrected chi connectivity index (χ2v) is 11.9. The highest BCUT2D eigenvalue weighted by molar-refractivity contribution is 6.48. The standard InChI is InChI=1S/C33H36N4O8/c1-19(38)44-34-29(21-10-6-4-7-11-21)32(40)23-14-15-27-25(16-23)26-17-24(18-28(37(42)43)31(26)36(27)3)33(41)30(35-45-20(2)39)22-12-8-5-9-13-22/h14-18,21-22H,4-13H2,1-3H3/b34-29+,35-30+. The molecule has 3 aromatic rings. The fourth-order valence-corrected chi connectivity index (χ4v) is 6.63. The first-order chi connectivity index (χ1) is 21.6. The van der Waals surface area contributed by atoms with Crippen molar-refractivity contribution in [3.05, 3.63) is 51.6 Å². The number of oxime groups is 2. The van der Waals surface area contributed by atoms with Gasteiger partial charge >= 0.3 is 11.9 Å². The number of nitrogens with zero attached hydrogens (tertiary/aromatic N) is 4.